The maximum Gasteiger partial charge on any atom is 0.257 e. The number of nitriles is 1. The number of aliphatic hydroxyl groups is 1. The molecule has 2 rings (SSSR count). The van der Waals surface area contributed by atoms with E-state index in [9.17, 15) is 9.90 Å². The second-order valence-electron chi connectivity index (χ2n) is 4.43. The maximum atomic E-state index is 12.1. The van der Waals surface area contributed by atoms with Crippen molar-refractivity contribution in [3.05, 3.63) is 64.7 Å². The van der Waals surface area contributed by atoms with Crippen LogP contribution in [0.25, 0.3) is 0 Å². The van der Waals surface area contributed by atoms with E-state index < -0.39 is 6.10 Å². The lowest BCUT2D eigenvalue weighted by molar-refractivity contribution is 0.102. The summed E-state index contributed by atoms with van der Waals surface area (Å²) in [5.74, 6) is -0.300. The van der Waals surface area contributed by atoms with E-state index in [2.05, 4.69) is 5.32 Å². The van der Waals surface area contributed by atoms with Gasteiger partial charge in [-0.15, -0.1) is 0 Å². The van der Waals surface area contributed by atoms with Crippen molar-refractivity contribution in [1.29, 1.82) is 5.26 Å². The van der Waals surface area contributed by atoms with Crippen molar-refractivity contribution in [2.45, 2.75) is 12.5 Å². The second-order valence-corrected chi connectivity index (χ2v) is 4.84. The van der Waals surface area contributed by atoms with Crippen LogP contribution >= 0.6 is 11.6 Å². The smallest absolute Gasteiger partial charge is 0.257 e. The Morgan fingerprint density at radius 1 is 1.24 bits per heavy atom. The lowest BCUT2D eigenvalue weighted by Crippen LogP contribution is -2.12. The van der Waals surface area contributed by atoms with Gasteiger partial charge in [-0.25, -0.2) is 0 Å². The summed E-state index contributed by atoms with van der Waals surface area (Å²) in [6.07, 6.45) is -0.783. The Hall–Kier alpha value is -2.35. The lowest BCUT2D eigenvalue weighted by atomic mass is 10.1. The first-order valence-corrected chi connectivity index (χ1v) is 6.70. The summed E-state index contributed by atoms with van der Waals surface area (Å²) in [4.78, 5) is 12.1. The van der Waals surface area contributed by atoms with Crippen LogP contribution in [-0.2, 0) is 0 Å². The number of nitrogens with one attached hydrogen (secondary N) is 1. The molecule has 21 heavy (non-hydrogen) atoms. The summed E-state index contributed by atoms with van der Waals surface area (Å²) < 4.78 is 0. The maximum absolute atomic E-state index is 12.1. The summed E-state index contributed by atoms with van der Waals surface area (Å²) in [5.41, 5.74) is 1.62. The molecule has 0 heterocycles. The van der Waals surface area contributed by atoms with Crippen LogP contribution in [-0.4, -0.2) is 11.0 Å². The standard InChI is InChI=1S/C16H13ClN2O2/c17-14-4-2-1-3-13(14)16(21)19-12-7-5-11(6-8-12)15(20)9-10-18/h1-8,15,20H,9H2,(H,19,21). The second kappa shape index (κ2) is 6.89. The number of carbonyl (C=O) groups is 1. The quantitative estimate of drug-likeness (QED) is 0.907. The first kappa shape index (κ1) is 15.0. The Labute approximate surface area is 127 Å². The first-order valence-electron chi connectivity index (χ1n) is 6.32. The molecule has 1 atom stereocenters. The van der Waals surface area contributed by atoms with E-state index in [-0.39, 0.29) is 12.3 Å². The average molecular weight is 301 g/mol. The van der Waals surface area contributed by atoms with Gasteiger partial charge in [0.1, 0.15) is 0 Å². The molecule has 0 bridgehead atoms. The number of benzene rings is 2. The highest BCUT2D eigenvalue weighted by Gasteiger charge is 2.10. The molecule has 0 aliphatic carbocycles. The van der Waals surface area contributed by atoms with Gasteiger partial charge in [0.2, 0.25) is 0 Å². The van der Waals surface area contributed by atoms with E-state index in [1.807, 2.05) is 6.07 Å². The molecule has 2 N–H and O–H groups in total. The molecule has 0 spiro atoms. The summed E-state index contributed by atoms with van der Waals surface area (Å²) in [6, 6.07) is 15.4. The summed E-state index contributed by atoms with van der Waals surface area (Å²) in [6.45, 7) is 0. The third kappa shape index (κ3) is 3.82. The van der Waals surface area contributed by atoms with Crippen LogP contribution in [0.3, 0.4) is 0 Å². The molecule has 5 heteroatoms. The van der Waals surface area contributed by atoms with Crippen molar-refractivity contribution in [3.8, 4) is 6.07 Å². The lowest BCUT2D eigenvalue weighted by Gasteiger charge is -2.09. The molecule has 4 nitrogen and oxygen atoms in total. The SMILES string of the molecule is N#CCC(O)c1ccc(NC(=O)c2ccccc2Cl)cc1. The molecule has 0 aliphatic heterocycles. The number of amides is 1. The van der Waals surface area contributed by atoms with E-state index in [1.165, 1.54) is 0 Å². The number of carbonyl (C=O) groups excluding carboxylic acids is 1. The number of hydrogen-bond acceptors (Lipinski definition) is 3. The van der Waals surface area contributed by atoms with Gasteiger partial charge >= 0.3 is 0 Å². The van der Waals surface area contributed by atoms with Gasteiger partial charge in [0.15, 0.2) is 0 Å². The van der Waals surface area contributed by atoms with Gasteiger partial charge < -0.3 is 10.4 Å². The van der Waals surface area contributed by atoms with Gasteiger partial charge in [0, 0.05) is 5.69 Å². The molecule has 2 aromatic carbocycles. The van der Waals surface area contributed by atoms with Crippen molar-refractivity contribution < 1.29 is 9.90 Å². The van der Waals surface area contributed by atoms with E-state index in [1.54, 1.807) is 48.5 Å². The fourth-order valence-electron chi connectivity index (χ4n) is 1.84. The summed E-state index contributed by atoms with van der Waals surface area (Å²) in [7, 11) is 0. The van der Waals surface area contributed by atoms with Crippen LogP contribution in [0.1, 0.15) is 28.4 Å². The minimum absolute atomic E-state index is 0.0331. The molecule has 0 fully saturated rings. The van der Waals surface area contributed by atoms with Crippen LogP contribution in [0.5, 0.6) is 0 Å². The van der Waals surface area contributed by atoms with Crippen molar-refractivity contribution in [2.75, 3.05) is 5.32 Å². The highest BCUT2D eigenvalue weighted by Crippen LogP contribution is 2.20. The Morgan fingerprint density at radius 2 is 1.90 bits per heavy atom. The predicted octanol–water partition coefficient (Wildman–Crippen LogP) is 3.54. The largest absolute Gasteiger partial charge is 0.387 e. The van der Waals surface area contributed by atoms with Crippen LogP contribution in [0.4, 0.5) is 5.69 Å². The molecule has 1 unspecified atom stereocenters. The van der Waals surface area contributed by atoms with Crippen molar-refractivity contribution >= 4 is 23.2 Å². The van der Waals surface area contributed by atoms with E-state index in [0.29, 0.717) is 21.8 Å². The summed E-state index contributed by atoms with van der Waals surface area (Å²) in [5, 5.41) is 21.3. The van der Waals surface area contributed by atoms with Gasteiger partial charge in [-0.3, -0.25) is 4.79 Å². The Bertz CT molecular complexity index is 677. The molecule has 2 aromatic rings. The van der Waals surface area contributed by atoms with E-state index >= 15 is 0 Å². The highest BCUT2D eigenvalue weighted by atomic mass is 35.5. The minimum Gasteiger partial charge on any atom is -0.387 e. The first-order chi connectivity index (χ1) is 10.1. The normalized spacial score (nSPS) is 11.5. The van der Waals surface area contributed by atoms with Crippen molar-refractivity contribution in [2.24, 2.45) is 0 Å². The van der Waals surface area contributed by atoms with Crippen molar-refractivity contribution in [1.82, 2.24) is 0 Å². The number of hydrogen-bond donors (Lipinski definition) is 2. The Morgan fingerprint density at radius 3 is 2.52 bits per heavy atom. The number of aliphatic hydroxyl groups excluding tert-OH is 1. The third-order valence-corrected chi connectivity index (χ3v) is 3.29. The Balaban J connectivity index is 2.09. The molecule has 0 aliphatic rings. The summed E-state index contributed by atoms with van der Waals surface area (Å²) >= 11 is 5.96. The highest BCUT2D eigenvalue weighted by molar-refractivity contribution is 6.34. The zero-order chi connectivity index (χ0) is 15.2. The van der Waals surface area contributed by atoms with E-state index in [0.717, 1.165) is 0 Å². The van der Waals surface area contributed by atoms with Crippen LogP contribution in [0.15, 0.2) is 48.5 Å². The zero-order valence-corrected chi connectivity index (χ0v) is 11.8. The van der Waals surface area contributed by atoms with Crippen LogP contribution in [0, 0.1) is 11.3 Å². The van der Waals surface area contributed by atoms with E-state index in [4.69, 9.17) is 16.9 Å². The molecular weight excluding hydrogens is 288 g/mol. The molecule has 106 valence electrons. The van der Waals surface area contributed by atoms with Gasteiger partial charge in [-0.1, -0.05) is 35.9 Å². The fraction of sp³-hybridized carbons (Fsp3) is 0.125. The number of nitrogens with zero attached hydrogens (tertiary/aromatic N) is 1. The van der Waals surface area contributed by atoms with Crippen LogP contribution < -0.4 is 5.32 Å². The van der Waals surface area contributed by atoms with Gasteiger partial charge in [-0.05, 0) is 29.8 Å². The third-order valence-electron chi connectivity index (χ3n) is 2.96. The molecule has 0 aromatic heterocycles. The topological polar surface area (TPSA) is 73.1 Å². The molecular formula is C16H13ClN2O2. The van der Waals surface area contributed by atoms with Crippen molar-refractivity contribution in [3.63, 3.8) is 0 Å². The molecule has 0 radical (unpaired) electrons. The van der Waals surface area contributed by atoms with Gasteiger partial charge in [0.25, 0.3) is 5.91 Å². The predicted molar refractivity (Wildman–Crippen MR) is 81.0 cm³/mol. The Kier molecular flexibility index (Phi) is 4.94. The van der Waals surface area contributed by atoms with Gasteiger partial charge in [0.05, 0.1) is 29.2 Å². The fourth-order valence-corrected chi connectivity index (χ4v) is 2.06. The molecule has 0 saturated heterocycles. The van der Waals surface area contributed by atoms with Gasteiger partial charge in [-0.2, -0.15) is 5.26 Å². The monoisotopic (exact) mass is 300 g/mol. The number of halogens is 1. The average Bonchev–Trinajstić information content (AvgIpc) is 2.48. The molecule has 1 amide bonds. The zero-order valence-electron chi connectivity index (χ0n) is 11.1. The molecule has 0 saturated carbocycles. The number of anilines is 1. The number of rotatable bonds is 4. The minimum atomic E-state index is -0.816. The van der Waals surface area contributed by atoms with Crippen LogP contribution in [0.2, 0.25) is 5.02 Å².